The van der Waals surface area contributed by atoms with Gasteiger partial charge < -0.3 is 4.74 Å². The number of carbonyl (C=O) groups is 1. The zero-order valence-electron chi connectivity index (χ0n) is 11.9. The van der Waals surface area contributed by atoms with Crippen molar-refractivity contribution in [3.05, 3.63) is 0 Å². The van der Waals surface area contributed by atoms with Crippen molar-refractivity contribution in [2.75, 3.05) is 13.2 Å². The summed E-state index contributed by atoms with van der Waals surface area (Å²) in [7, 11) is 0. The molecule has 0 aromatic carbocycles. The van der Waals surface area contributed by atoms with Crippen molar-refractivity contribution >= 4 is 5.97 Å². The van der Waals surface area contributed by atoms with Gasteiger partial charge in [0, 0.05) is 12.1 Å². The maximum atomic E-state index is 12.7. The van der Waals surface area contributed by atoms with Crippen molar-refractivity contribution in [3.8, 4) is 0 Å². The number of nitrogens with zero attached hydrogens (tertiary/aromatic N) is 1. The van der Waals surface area contributed by atoms with Gasteiger partial charge in [0.1, 0.15) is 6.61 Å². The fraction of sp³-hybridized carbons (Fsp3) is 0.923. The quantitative estimate of drug-likeness (QED) is 0.701. The van der Waals surface area contributed by atoms with Crippen LogP contribution in [0, 0.1) is 5.41 Å². The van der Waals surface area contributed by atoms with Crippen molar-refractivity contribution in [2.45, 2.75) is 58.8 Å². The van der Waals surface area contributed by atoms with Crippen LogP contribution in [0.25, 0.3) is 0 Å². The van der Waals surface area contributed by atoms with Gasteiger partial charge in [0.15, 0.2) is 5.41 Å². The van der Waals surface area contributed by atoms with E-state index < -0.39 is 17.6 Å². The molecule has 1 fully saturated rings. The van der Waals surface area contributed by atoms with Gasteiger partial charge >= 0.3 is 12.1 Å². The summed E-state index contributed by atoms with van der Waals surface area (Å²) in [5.41, 5.74) is -2.22. The summed E-state index contributed by atoms with van der Waals surface area (Å²) in [5.74, 6) is -1.12. The number of alkyl halides is 3. The predicted octanol–water partition coefficient (Wildman–Crippen LogP) is 2.99. The van der Waals surface area contributed by atoms with Gasteiger partial charge in [-0.05, 0) is 40.2 Å². The molecule has 3 nitrogen and oxygen atoms in total. The summed E-state index contributed by atoms with van der Waals surface area (Å²) in [6, 6.07) is 0.175. The summed E-state index contributed by atoms with van der Waals surface area (Å²) < 4.78 is 43.0. The van der Waals surface area contributed by atoms with E-state index in [1.165, 1.54) is 0 Å². The monoisotopic (exact) mass is 281 g/mol. The van der Waals surface area contributed by atoms with Gasteiger partial charge in [-0.25, -0.2) is 0 Å². The van der Waals surface area contributed by atoms with Crippen LogP contribution in [0.1, 0.15) is 40.5 Å². The van der Waals surface area contributed by atoms with E-state index in [1.54, 1.807) is 0 Å². The molecule has 1 aliphatic carbocycles. The maximum Gasteiger partial charge on any atom is 0.404 e. The maximum absolute atomic E-state index is 12.7. The number of halogens is 3. The average Bonchev–Trinajstić information content (AvgIpc) is 3.06. The van der Waals surface area contributed by atoms with Gasteiger partial charge in [-0.2, -0.15) is 13.2 Å². The molecule has 0 aliphatic heterocycles. The van der Waals surface area contributed by atoms with Crippen LogP contribution >= 0.6 is 0 Å². The summed E-state index contributed by atoms with van der Waals surface area (Å²) in [6.45, 7) is 8.59. The first-order chi connectivity index (χ1) is 8.65. The van der Waals surface area contributed by atoms with Gasteiger partial charge in [0.25, 0.3) is 0 Å². The first-order valence-electron chi connectivity index (χ1n) is 6.65. The summed E-state index contributed by atoms with van der Waals surface area (Å²) in [5, 5.41) is 0. The highest BCUT2D eigenvalue weighted by molar-refractivity contribution is 5.80. The molecule has 19 heavy (non-hydrogen) atoms. The van der Waals surface area contributed by atoms with Crippen LogP contribution < -0.4 is 0 Å². The molecule has 0 bridgehead atoms. The lowest BCUT2D eigenvalue weighted by Gasteiger charge is -2.31. The number of rotatable bonds is 6. The van der Waals surface area contributed by atoms with Crippen LogP contribution in [-0.2, 0) is 9.53 Å². The molecule has 0 aromatic heterocycles. The molecule has 0 heterocycles. The molecule has 0 aromatic rings. The Kier molecular flexibility index (Phi) is 4.87. The normalized spacial score (nSPS) is 19.6. The number of esters is 1. The van der Waals surface area contributed by atoms with E-state index in [9.17, 15) is 18.0 Å². The Hall–Kier alpha value is -0.780. The lowest BCUT2D eigenvalue weighted by atomic mass is 10.1. The highest BCUT2D eigenvalue weighted by Crippen LogP contribution is 2.58. The van der Waals surface area contributed by atoms with E-state index in [0.29, 0.717) is 0 Å². The van der Waals surface area contributed by atoms with Gasteiger partial charge in [0.2, 0.25) is 0 Å². The molecule has 1 unspecified atom stereocenters. The van der Waals surface area contributed by atoms with E-state index in [2.05, 4.69) is 4.90 Å². The first-order valence-corrected chi connectivity index (χ1v) is 6.65. The van der Waals surface area contributed by atoms with E-state index in [4.69, 9.17) is 4.74 Å². The number of hydrogen-bond donors (Lipinski definition) is 0. The number of carbonyl (C=O) groups excluding carboxylic acids is 1. The van der Waals surface area contributed by atoms with Crippen LogP contribution in [0.4, 0.5) is 13.2 Å². The fourth-order valence-electron chi connectivity index (χ4n) is 2.34. The van der Waals surface area contributed by atoms with Gasteiger partial charge in [0.05, 0.1) is 0 Å². The zero-order valence-corrected chi connectivity index (χ0v) is 11.9. The molecule has 0 amide bonds. The summed E-state index contributed by atoms with van der Waals surface area (Å²) in [6.07, 6.45) is -4.79. The Labute approximate surface area is 112 Å². The first kappa shape index (κ1) is 16.3. The molecule has 112 valence electrons. The van der Waals surface area contributed by atoms with Gasteiger partial charge in [-0.3, -0.25) is 9.69 Å². The Bertz CT molecular complexity index is 324. The minimum absolute atomic E-state index is 0.00266. The second-order valence-corrected chi connectivity index (χ2v) is 5.45. The van der Waals surface area contributed by atoms with E-state index in [0.717, 1.165) is 6.54 Å². The lowest BCUT2D eigenvalue weighted by Crippen LogP contribution is -2.43. The minimum Gasteiger partial charge on any atom is -0.463 e. The van der Waals surface area contributed by atoms with Crippen molar-refractivity contribution in [1.82, 2.24) is 4.90 Å². The SMILES string of the molecule is CCN(C(C)C)C(C)COC(=O)C1(C(F)(F)F)CC1. The topological polar surface area (TPSA) is 29.5 Å². The molecule has 6 heteroatoms. The second-order valence-electron chi connectivity index (χ2n) is 5.45. The van der Waals surface area contributed by atoms with Crippen LogP contribution in [0.5, 0.6) is 0 Å². The molecular weight excluding hydrogens is 259 g/mol. The number of hydrogen-bond acceptors (Lipinski definition) is 3. The summed E-state index contributed by atoms with van der Waals surface area (Å²) >= 11 is 0. The molecule has 0 radical (unpaired) electrons. The molecular formula is C13H22F3NO2. The van der Waals surface area contributed by atoms with E-state index >= 15 is 0 Å². The molecule has 1 aliphatic rings. The van der Waals surface area contributed by atoms with Gasteiger partial charge in [-0.15, -0.1) is 0 Å². The van der Waals surface area contributed by atoms with Crippen molar-refractivity contribution in [1.29, 1.82) is 0 Å². The van der Waals surface area contributed by atoms with Gasteiger partial charge in [-0.1, -0.05) is 6.92 Å². The Morgan fingerprint density at radius 1 is 1.32 bits per heavy atom. The molecule has 0 spiro atoms. The zero-order chi connectivity index (χ0) is 14.8. The third-order valence-electron chi connectivity index (χ3n) is 3.73. The Morgan fingerprint density at radius 3 is 2.16 bits per heavy atom. The largest absolute Gasteiger partial charge is 0.463 e. The molecule has 1 saturated carbocycles. The smallest absolute Gasteiger partial charge is 0.404 e. The molecule has 1 atom stereocenters. The third-order valence-corrected chi connectivity index (χ3v) is 3.73. The summed E-state index contributed by atoms with van der Waals surface area (Å²) in [4.78, 5) is 13.7. The highest BCUT2D eigenvalue weighted by atomic mass is 19.4. The Balaban J connectivity index is 2.52. The number of likely N-dealkylation sites (N-methyl/N-ethyl adjacent to an activating group) is 1. The van der Waals surface area contributed by atoms with Crippen LogP contribution in [0.15, 0.2) is 0 Å². The molecule has 0 saturated heterocycles. The van der Waals surface area contributed by atoms with Crippen molar-refractivity contribution < 1.29 is 22.7 Å². The number of ether oxygens (including phenoxy) is 1. The third kappa shape index (κ3) is 3.41. The average molecular weight is 281 g/mol. The predicted molar refractivity (Wildman–Crippen MR) is 65.7 cm³/mol. The molecule has 1 rings (SSSR count). The van der Waals surface area contributed by atoms with Crippen molar-refractivity contribution in [3.63, 3.8) is 0 Å². The Morgan fingerprint density at radius 2 is 1.84 bits per heavy atom. The van der Waals surface area contributed by atoms with Crippen LogP contribution in [-0.4, -0.2) is 42.3 Å². The van der Waals surface area contributed by atoms with E-state index in [1.807, 2.05) is 27.7 Å². The lowest BCUT2D eigenvalue weighted by molar-refractivity contribution is -0.207. The van der Waals surface area contributed by atoms with Crippen molar-refractivity contribution in [2.24, 2.45) is 5.41 Å². The standard InChI is InChI=1S/C13H22F3NO2/c1-5-17(9(2)3)10(4)8-19-11(18)12(6-7-12)13(14,15)16/h9-10H,5-8H2,1-4H3. The molecule has 0 N–H and O–H groups in total. The highest BCUT2D eigenvalue weighted by Gasteiger charge is 2.69. The minimum atomic E-state index is -4.49. The second kappa shape index (κ2) is 5.69. The van der Waals surface area contributed by atoms with Crippen LogP contribution in [0.3, 0.4) is 0 Å². The van der Waals surface area contributed by atoms with Crippen LogP contribution in [0.2, 0.25) is 0 Å². The van der Waals surface area contributed by atoms with E-state index in [-0.39, 0.29) is 31.5 Å². The fourth-order valence-corrected chi connectivity index (χ4v) is 2.34.